The third-order valence-corrected chi connectivity index (χ3v) is 7.11. The molecule has 1 aromatic rings. The van der Waals surface area contributed by atoms with Gasteiger partial charge in [-0.05, 0) is 26.3 Å². The number of dihydropyridines is 1. The van der Waals surface area contributed by atoms with Crippen LogP contribution in [-0.4, -0.2) is 79.6 Å². The van der Waals surface area contributed by atoms with Gasteiger partial charge in [0.1, 0.15) is 0 Å². The first-order valence-electron chi connectivity index (χ1n) is 13.2. The molecule has 2 aliphatic rings. The summed E-state index contributed by atoms with van der Waals surface area (Å²) < 4.78 is 10.9. The molecule has 1 fully saturated rings. The third kappa shape index (κ3) is 9.29. The third-order valence-electron chi connectivity index (χ3n) is 7.11. The molecule has 3 rings (SSSR count). The maximum atomic E-state index is 13.6. The minimum atomic E-state index is -0.875. The van der Waals surface area contributed by atoms with Crippen LogP contribution in [0.5, 0.6) is 0 Å². The number of hydrogen-bond acceptors (Lipinski definition) is 9. The summed E-state index contributed by atoms with van der Waals surface area (Å²) >= 11 is 0. The average molecular weight is 614 g/mol. The number of esters is 2. The lowest BCUT2D eigenvalue weighted by Gasteiger charge is -2.38. The molecule has 0 bridgehead atoms. The van der Waals surface area contributed by atoms with Crippen molar-refractivity contribution in [3.8, 4) is 0 Å². The smallest absolute Gasteiger partial charge is 0.336 e. The summed E-state index contributed by atoms with van der Waals surface area (Å²) in [6.45, 7) is 15.4. The van der Waals surface area contributed by atoms with E-state index in [4.69, 9.17) is 9.47 Å². The Hall–Kier alpha value is -2.92. The molecule has 1 unspecified atom stereocenters. The number of nitrogens with one attached hydrogen (secondary N) is 1. The Morgan fingerprint density at radius 2 is 1.66 bits per heavy atom. The molecule has 0 aliphatic carbocycles. The number of ether oxygens (including phenoxy) is 2. The van der Waals surface area contributed by atoms with Crippen LogP contribution < -0.4 is 5.32 Å². The Kier molecular flexibility index (Phi) is 14.0. The van der Waals surface area contributed by atoms with Crippen molar-refractivity contribution in [2.75, 3.05) is 53.0 Å². The normalized spacial score (nSPS) is 18.3. The van der Waals surface area contributed by atoms with Gasteiger partial charge in [0.05, 0.1) is 35.7 Å². The lowest BCUT2D eigenvalue weighted by molar-refractivity contribution is -0.384. The standard InChI is InChI=1S/C29H40N4O6.2ClH/c1-7-8-12-31-13-15-32(16-14-31)18-29(4,5)19-39-28(35)25-21(3)30-20(2)24(27(34)38-6)26(25)22-10-9-11-23(17-22)33(36)37;;/h7-11,17,26,30H,12-16,18-19H2,1-6H3;2*1H/b8-7+;;. The first-order valence-corrected chi connectivity index (χ1v) is 13.2. The molecule has 0 radical (unpaired) electrons. The van der Waals surface area contributed by atoms with E-state index >= 15 is 0 Å². The predicted molar refractivity (Wildman–Crippen MR) is 163 cm³/mol. The van der Waals surface area contributed by atoms with Crippen molar-refractivity contribution in [2.24, 2.45) is 5.41 Å². The summed E-state index contributed by atoms with van der Waals surface area (Å²) in [5, 5.41) is 14.6. The number of hydrogen-bond donors (Lipinski definition) is 1. The van der Waals surface area contributed by atoms with Crippen LogP contribution in [0.3, 0.4) is 0 Å². The predicted octanol–water partition coefficient (Wildman–Crippen LogP) is 4.61. The summed E-state index contributed by atoms with van der Waals surface area (Å²) in [6.07, 6.45) is 4.23. The minimum Gasteiger partial charge on any atom is -0.466 e. The maximum Gasteiger partial charge on any atom is 0.336 e. The first kappa shape index (κ1) is 36.1. The molecule has 1 N–H and O–H groups in total. The second kappa shape index (κ2) is 15.9. The van der Waals surface area contributed by atoms with E-state index in [0.29, 0.717) is 17.0 Å². The van der Waals surface area contributed by atoms with E-state index in [1.54, 1.807) is 26.0 Å². The fraction of sp³-hybridized carbons (Fsp3) is 0.517. The van der Waals surface area contributed by atoms with Gasteiger partial charge in [0.2, 0.25) is 0 Å². The van der Waals surface area contributed by atoms with Crippen LogP contribution in [0.1, 0.15) is 46.1 Å². The SMILES string of the molecule is C/C=C/CN1CCN(CC(C)(C)COC(=O)C2=C(C)NC(C)=C(C(=O)OC)C2c2cccc([N+](=O)[O-])c2)CC1.Cl.Cl. The summed E-state index contributed by atoms with van der Waals surface area (Å²) in [5.74, 6) is -2.07. The van der Waals surface area contributed by atoms with Crippen molar-refractivity contribution in [1.29, 1.82) is 0 Å². The summed E-state index contributed by atoms with van der Waals surface area (Å²) in [7, 11) is 1.26. The van der Waals surface area contributed by atoms with Gasteiger partial charge in [0.15, 0.2) is 0 Å². The molecule has 228 valence electrons. The molecule has 0 amide bonds. The molecule has 2 heterocycles. The van der Waals surface area contributed by atoms with E-state index in [-0.39, 0.29) is 53.7 Å². The van der Waals surface area contributed by atoms with Crippen LogP contribution in [0.2, 0.25) is 0 Å². The van der Waals surface area contributed by atoms with Crippen molar-refractivity contribution < 1.29 is 24.0 Å². The lowest BCUT2D eigenvalue weighted by Crippen LogP contribution is -2.49. The number of nitro groups is 1. The molecule has 1 aromatic carbocycles. The Bertz CT molecular complexity index is 1190. The van der Waals surface area contributed by atoms with Gasteiger partial charge in [-0.2, -0.15) is 0 Å². The Morgan fingerprint density at radius 1 is 1.07 bits per heavy atom. The van der Waals surface area contributed by atoms with Crippen LogP contribution in [-0.2, 0) is 19.1 Å². The van der Waals surface area contributed by atoms with E-state index < -0.39 is 22.8 Å². The van der Waals surface area contributed by atoms with Gasteiger partial charge in [-0.3, -0.25) is 15.0 Å². The van der Waals surface area contributed by atoms with Gasteiger partial charge in [0.25, 0.3) is 5.69 Å². The van der Waals surface area contributed by atoms with Crippen LogP contribution in [0.4, 0.5) is 5.69 Å². The summed E-state index contributed by atoms with van der Waals surface area (Å²) in [6, 6.07) is 5.96. The topological polar surface area (TPSA) is 114 Å². The highest BCUT2D eigenvalue weighted by Crippen LogP contribution is 2.40. The van der Waals surface area contributed by atoms with E-state index in [0.717, 1.165) is 39.3 Å². The minimum absolute atomic E-state index is 0. The van der Waals surface area contributed by atoms with E-state index in [9.17, 15) is 19.7 Å². The number of carbonyl (C=O) groups excluding carboxylic acids is 2. The van der Waals surface area contributed by atoms with Crippen molar-refractivity contribution in [2.45, 2.75) is 40.5 Å². The second-order valence-electron chi connectivity index (χ2n) is 10.9. The molecule has 0 spiro atoms. The van der Waals surface area contributed by atoms with Crippen LogP contribution in [0.25, 0.3) is 0 Å². The molecule has 2 aliphatic heterocycles. The van der Waals surface area contributed by atoms with Gasteiger partial charge < -0.3 is 19.7 Å². The number of nitro benzene ring substituents is 1. The number of carbonyl (C=O) groups is 2. The quantitative estimate of drug-likeness (QED) is 0.175. The van der Waals surface area contributed by atoms with Gasteiger partial charge in [-0.25, -0.2) is 9.59 Å². The zero-order valence-corrected chi connectivity index (χ0v) is 26.2. The van der Waals surface area contributed by atoms with Crippen molar-refractivity contribution in [3.63, 3.8) is 0 Å². The summed E-state index contributed by atoms with van der Waals surface area (Å²) in [5.41, 5.74) is 1.48. The Labute approximate surface area is 254 Å². The van der Waals surface area contributed by atoms with Crippen LogP contribution >= 0.6 is 24.8 Å². The molecular formula is C29H42Cl2N4O6. The highest BCUT2D eigenvalue weighted by Gasteiger charge is 2.39. The van der Waals surface area contributed by atoms with Crippen LogP contribution in [0.15, 0.2) is 59.0 Å². The van der Waals surface area contributed by atoms with Gasteiger partial charge >= 0.3 is 11.9 Å². The zero-order valence-electron chi connectivity index (χ0n) is 24.6. The first-order chi connectivity index (χ1) is 18.5. The van der Waals surface area contributed by atoms with E-state index in [1.807, 2.05) is 6.92 Å². The molecular weight excluding hydrogens is 571 g/mol. The average Bonchev–Trinajstić information content (AvgIpc) is 2.90. The van der Waals surface area contributed by atoms with Crippen molar-refractivity contribution in [1.82, 2.24) is 15.1 Å². The van der Waals surface area contributed by atoms with Gasteiger partial charge in [-0.1, -0.05) is 38.1 Å². The molecule has 41 heavy (non-hydrogen) atoms. The molecule has 0 saturated carbocycles. The number of non-ortho nitro benzene ring substituents is 1. The molecule has 1 saturated heterocycles. The van der Waals surface area contributed by atoms with Crippen molar-refractivity contribution >= 4 is 42.4 Å². The Balaban J connectivity index is 0.00000420. The molecule has 0 aromatic heterocycles. The van der Waals surface area contributed by atoms with Crippen molar-refractivity contribution in [3.05, 3.63) is 74.6 Å². The fourth-order valence-corrected chi connectivity index (χ4v) is 5.17. The second-order valence-corrected chi connectivity index (χ2v) is 10.9. The lowest BCUT2D eigenvalue weighted by atomic mass is 9.80. The fourth-order valence-electron chi connectivity index (χ4n) is 5.17. The van der Waals surface area contributed by atoms with Gasteiger partial charge in [-0.15, -0.1) is 24.8 Å². The van der Waals surface area contributed by atoms with E-state index in [2.05, 4.69) is 41.1 Å². The molecule has 1 atom stereocenters. The maximum absolute atomic E-state index is 13.6. The van der Waals surface area contributed by atoms with E-state index in [1.165, 1.54) is 19.2 Å². The number of rotatable bonds is 10. The molecule has 12 heteroatoms. The number of piperazine rings is 1. The summed E-state index contributed by atoms with van der Waals surface area (Å²) in [4.78, 5) is 42.2. The highest BCUT2D eigenvalue weighted by atomic mass is 35.5. The Morgan fingerprint density at radius 3 is 2.22 bits per heavy atom. The largest absolute Gasteiger partial charge is 0.466 e. The number of methoxy groups -OCH3 is 1. The number of nitrogens with zero attached hydrogens (tertiary/aromatic N) is 3. The van der Waals surface area contributed by atoms with Crippen LogP contribution in [0, 0.1) is 15.5 Å². The van der Waals surface area contributed by atoms with Gasteiger partial charge in [0, 0.05) is 68.2 Å². The number of halogens is 2. The highest BCUT2D eigenvalue weighted by molar-refractivity contribution is 5.99. The number of allylic oxidation sites excluding steroid dienone is 3. The number of benzene rings is 1. The zero-order chi connectivity index (χ0) is 28.7. The molecule has 10 nitrogen and oxygen atoms in total. The monoisotopic (exact) mass is 612 g/mol.